The molecule has 0 spiro atoms. The lowest BCUT2D eigenvalue weighted by molar-refractivity contribution is -0.141. The number of hydrogen-bond acceptors (Lipinski definition) is 6. The molecule has 1 fully saturated rings. The number of carbonyl (C=O) groups is 2. The van der Waals surface area contributed by atoms with Crippen molar-refractivity contribution in [1.82, 2.24) is 4.98 Å². The zero-order valence-corrected chi connectivity index (χ0v) is 10.3. The van der Waals surface area contributed by atoms with Crippen LogP contribution in [-0.4, -0.2) is 48.4 Å². The first-order valence-electron chi connectivity index (χ1n) is 5.74. The molecule has 0 bridgehead atoms. The third kappa shape index (κ3) is 2.82. The maximum Gasteiger partial charge on any atom is 0.341 e. The van der Waals surface area contributed by atoms with Crippen molar-refractivity contribution in [2.24, 2.45) is 5.92 Å². The monoisotopic (exact) mass is 266 g/mol. The summed E-state index contributed by atoms with van der Waals surface area (Å²) in [6, 6.07) is 2.75. The van der Waals surface area contributed by atoms with Crippen molar-refractivity contribution < 1.29 is 24.2 Å². The highest BCUT2D eigenvalue weighted by molar-refractivity contribution is 5.94. The Morgan fingerprint density at radius 1 is 1.53 bits per heavy atom. The third-order valence-corrected chi connectivity index (χ3v) is 2.93. The second-order valence-corrected chi connectivity index (χ2v) is 4.12. The van der Waals surface area contributed by atoms with Gasteiger partial charge in [0, 0.05) is 6.20 Å². The fourth-order valence-corrected chi connectivity index (χ4v) is 1.91. The molecule has 1 aromatic rings. The Bertz CT molecular complexity index is 491. The topological polar surface area (TPSA) is 97.8 Å². The molecule has 2 rings (SSSR count). The molecule has 102 valence electrons. The SMILES string of the molecule is COC(=O)c1cccnc1NC1COCC1C(=O)O. The average molecular weight is 266 g/mol. The van der Waals surface area contributed by atoms with Gasteiger partial charge in [-0.2, -0.15) is 0 Å². The second-order valence-electron chi connectivity index (χ2n) is 4.12. The van der Waals surface area contributed by atoms with Gasteiger partial charge < -0.3 is 19.9 Å². The summed E-state index contributed by atoms with van der Waals surface area (Å²) in [5.74, 6) is -1.82. The molecule has 1 aliphatic heterocycles. The maximum absolute atomic E-state index is 11.6. The largest absolute Gasteiger partial charge is 0.481 e. The van der Waals surface area contributed by atoms with E-state index in [4.69, 9.17) is 9.84 Å². The number of carboxylic acid groups (broad SMARTS) is 1. The fourth-order valence-electron chi connectivity index (χ4n) is 1.91. The van der Waals surface area contributed by atoms with E-state index in [-0.39, 0.29) is 18.8 Å². The molecule has 2 N–H and O–H groups in total. The predicted molar refractivity (Wildman–Crippen MR) is 64.9 cm³/mol. The quantitative estimate of drug-likeness (QED) is 0.760. The van der Waals surface area contributed by atoms with Crippen molar-refractivity contribution >= 4 is 17.8 Å². The van der Waals surface area contributed by atoms with Crippen molar-refractivity contribution in [3.05, 3.63) is 23.9 Å². The second kappa shape index (κ2) is 5.66. The first-order valence-corrected chi connectivity index (χ1v) is 5.74. The van der Waals surface area contributed by atoms with Crippen molar-refractivity contribution in [3.8, 4) is 0 Å². The standard InChI is InChI=1S/C12H14N2O5/c1-18-12(17)7-3-2-4-13-10(7)14-9-6-19-5-8(9)11(15)16/h2-4,8-9H,5-6H2,1H3,(H,13,14)(H,15,16). The highest BCUT2D eigenvalue weighted by atomic mass is 16.5. The first-order chi connectivity index (χ1) is 9.13. The van der Waals surface area contributed by atoms with Gasteiger partial charge in [-0.1, -0.05) is 0 Å². The summed E-state index contributed by atoms with van der Waals surface area (Å²) in [6.45, 7) is 0.404. The van der Waals surface area contributed by atoms with Crippen molar-refractivity contribution in [1.29, 1.82) is 0 Å². The summed E-state index contributed by atoms with van der Waals surface area (Å²) >= 11 is 0. The van der Waals surface area contributed by atoms with Gasteiger partial charge >= 0.3 is 11.9 Å². The van der Waals surface area contributed by atoms with E-state index in [0.29, 0.717) is 5.82 Å². The molecule has 1 saturated heterocycles. The Kier molecular flexibility index (Phi) is 3.96. The van der Waals surface area contributed by atoms with Gasteiger partial charge in [-0.25, -0.2) is 9.78 Å². The molecule has 19 heavy (non-hydrogen) atoms. The molecule has 0 saturated carbocycles. The van der Waals surface area contributed by atoms with E-state index in [0.717, 1.165) is 0 Å². The summed E-state index contributed by atoms with van der Waals surface area (Å²) in [7, 11) is 1.28. The van der Waals surface area contributed by atoms with Crippen molar-refractivity contribution in [2.75, 3.05) is 25.6 Å². The van der Waals surface area contributed by atoms with Crippen LogP contribution in [0.15, 0.2) is 18.3 Å². The highest BCUT2D eigenvalue weighted by Gasteiger charge is 2.34. The van der Waals surface area contributed by atoms with Gasteiger partial charge in [-0.05, 0) is 12.1 Å². The van der Waals surface area contributed by atoms with Gasteiger partial charge in [0.25, 0.3) is 0 Å². The normalized spacial score (nSPS) is 21.9. The molecule has 2 atom stereocenters. The van der Waals surface area contributed by atoms with Gasteiger partial charge in [0.1, 0.15) is 17.3 Å². The molecular formula is C12H14N2O5. The number of anilines is 1. The van der Waals surface area contributed by atoms with Gasteiger partial charge in [0.15, 0.2) is 0 Å². The fraction of sp³-hybridized carbons (Fsp3) is 0.417. The van der Waals surface area contributed by atoms with Gasteiger partial charge in [-0.15, -0.1) is 0 Å². The lowest BCUT2D eigenvalue weighted by Gasteiger charge is -2.17. The molecule has 0 radical (unpaired) electrons. The smallest absolute Gasteiger partial charge is 0.341 e. The van der Waals surface area contributed by atoms with Crippen LogP contribution in [0.1, 0.15) is 10.4 Å². The lowest BCUT2D eigenvalue weighted by Crippen LogP contribution is -2.34. The number of rotatable bonds is 4. The third-order valence-electron chi connectivity index (χ3n) is 2.93. The summed E-state index contributed by atoms with van der Waals surface area (Å²) in [5, 5.41) is 12.0. The number of pyridine rings is 1. The summed E-state index contributed by atoms with van der Waals surface area (Å²) < 4.78 is 9.79. The number of esters is 1. The van der Waals surface area contributed by atoms with Crippen LogP contribution in [0.4, 0.5) is 5.82 Å². The van der Waals surface area contributed by atoms with Crippen LogP contribution in [0.5, 0.6) is 0 Å². The van der Waals surface area contributed by atoms with Crippen LogP contribution in [-0.2, 0) is 14.3 Å². The maximum atomic E-state index is 11.6. The zero-order chi connectivity index (χ0) is 13.8. The lowest BCUT2D eigenvalue weighted by atomic mass is 10.0. The molecule has 2 heterocycles. The first kappa shape index (κ1) is 13.3. The van der Waals surface area contributed by atoms with Gasteiger partial charge in [-0.3, -0.25) is 4.79 Å². The van der Waals surface area contributed by atoms with Crippen LogP contribution < -0.4 is 5.32 Å². The molecule has 2 unspecified atom stereocenters. The Morgan fingerprint density at radius 3 is 3.00 bits per heavy atom. The van der Waals surface area contributed by atoms with E-state index in [9.17, 15) is 9.59 Å². The van der Waals surface area contributed by atoms with Gasteiger partial charge in [0.2, 0.25) is 0 Å². The summed E-state index contributed by atoms with van der Waals surface area (Å²) in [6.07, 6.45) is 1.51. The molecule has 0 amide bonds. The Labute approximate surface area is 109 Å². The molecule has 1 aliphatic rings. The molecule has 7 nitrogen and oxygen atoms in total. The van der Waals surface area contributed by atoms with E-state index in [1.807, 2.05) is 0 Å². The minimum atomic E-state index is -0.939. The Hall–Kier alpha value is -2.15. The molecule has 7 heteroatoms. The minimum absolute atomic E-state index is 0.146. The Balaban J connectivity index is 2.19. The number of carboxylic acids is 1. The number of nitrogens with zero attached hydrogens (tertiary/aromatic N) is 1. The number of aromatic nitrogens is 1. The predicted octanol–water partition coefficient (Wildman–Crippen LogP) is 0.380. The van der Waals surface area contributed by atoms with Crippen LogP contribution in [0, 0.1) is 5.92 Å². The zero-order valence-electron chi connectivity index (χ0n) is 10.3. The molecule has 1 aromatic heterocycles. The van der Waals surface area contributed by atoms with Crippen molar-refractivity contribution in [3.63, 3.8) is 0 Å². The molecule has 0 aliphatic carbocycles. The van der Waals surface area contributed by atoms with Crippen LogP contribution in [0.2, 0.25) is 0 Å². The van der Waals surface area contributed by atoms with Crippen molar-refractivity contribution in [2.45, 2.75) is 6.04 Å². The average Bonchev–Trinajstić information content (AvgIpc) is 2.87. The van der Waals surface area contributed by atoms with Gasteiger partial charge in [0.05, 0.1) is 26.4 Å². The van der Waals surface area contributed by atoms with Crippen LogP contribution >= 0.6 is 0 Å². The van der Waals surface area contributed by atoms with E-state index >= 15 is 0 Å². The van der Waals surface area contributed by atoms with E-state index < -0.39 is 23.9 Å². The van der Waals surface area contributed by atoms with E-state index in [2.05, 4.69) is 15.0 Å². The summed E-state index contributed by atoms with van der Waals surface area (Å²) in [4.78, 5) is 26.7. The number of hydrogen-bond donors (Lipinski definition) is 2. The number of methoxy groups -OCH3 is 1. The number of ether oxygens (including phenoxy) is 2. The minimum Gasteiger partial charge on any atom is -0.481 e. The highest BCUT2D eigenvalue weighted by Crippen LogP contribution is 2.21. The number of carbonyl (C=O) groups excluding carboxylic acids is 1. The number of aliphatic carboxylic acids is 1. The molecular weight excluding hydrogens is 252 g/mol. The van der Waals surface area contributed by atoms with E-state index in [1.165, 1.54) is 13.3 Å². The van der Waals surface area contributed by atoms with Crippen LogP contribution in [0.25, 0.3) is 0 Å². The van der Waals surface area contributed by atoms with Crippen LogP contribution in [0.3, 0.4) is 0 Å². The molecule has 0 aromatic carbocycles. The Morgan fingerprint density at radius 2 is 2.32 bits per heavy atom. The van der Waals surface area contributed by atoms with E-state index in [1.54, 1.807) is 12.1 Å². The number of nitrogens with one attached hydrogen (secondary N) is 1. The summed E-state index contributed by atoms with van der Waals surface area (Å²) in [5.41, 5.74) is 0.265.